The molecule has 0 aliphatic carbocycles. The predicted octanol–water partition coefficient (Wildman–Crippen LogP) is 6.07. The van der Waals surface area contributed by atoms with Crippen LogP contribution in [0.2, 0.25) is 0 Å². The third-order valence-corrected chi connectivity index (χ3v) is 6.74. The minimum absolute atomic E-state index is 0.0144. The van der Waals surface area contributed by atoms with E-state index in [-0.39, 0.29) is 18.2 Å². The molecule has 1 aliphatic heterocycles. The maximum absolute atomic E-state index is 12.6. The maximum atomic E-state index is 12.6. The molecular weight excluding hydrogens is 466 g/mol. The first-order chi connectivity index (χ1) is 18.2. The summed E-state index contributed by atoms with van der Waals surface area (Å²) in [5, 5.41) is 0. The number of hydrogen-bond acceptors (Lipinski definition) is 5. The topological polar surface area (TPSA) is 57.2 Å². The number of carbonyl (C=O) groups is 1. The lowest BCUT2D eigenvalue weighted by Gasteiger charge is -2.23. The van der Waals surface area contributed by atoms with E-state index in [1.165, 1.54) is 5.56 Å². The van der Waals surface area contributed by atoms with Crippen LogP contribution >= 0.6 is 0 Å². The number of aryl methyl sites for hydroxylation is 2. The largest absolute Gasteiger partial charge is 0.496 e. The fourth-order valence-corrected chi connectivity index (χ4v) is 4.82. The first-order valence-corrected chi connectivity index (χ1v) is 13.1. The molecule has 0 aromatic heterocycles. The van der Waals surface area contributed by atoms with Gasteiger partial charge in [-0.15, -0.1) is 0 Å². The summed E-state index contributed by atoms with van der Waals surface area (Å²) in [4.78, 5) is 14.4. The first-order valence-electron chi connectivity index (χ1n) is 13.1. The molecule has 6 nitrogen and oxygen atoms in total. The number of benzene rings is 3. The fraction of sp³-hybridized carbons (Fsp3) is 0.387. The Kier molecular flexibility index (Phi) is 9.83. The molecule has 1 aliphatic rings. The Balaban J connectivity index is 1.33. The van der Waals surface area contributed by atoms with Crippen LogP contribution in [0.5, 0.6) is 11.5 Å². The Morgan fingerprint density at radius 1 is 0.892 bits per heavy atom. The zero-order valence-electron chi connectivity index (χ0n) is 21.8. The second kappa shape index (κ2) is 13.7. The summed E-state index contributed by atoms with van der Waals surface area (Å²) in [5.74, 6) is 1.79. The van der Waals surface area contributed by atoms with E-state index in [0.717, 1.165) is 41.9 Å². The fourth-order valence-electron chi connectivity index (χ4n) is 4.82. The molecule has 196 valence electrons. The van der Waals surface area contributed by atoms with E-state index in [0.29, 0.717) is 32.8 Å². The van der Waals surface area contributed by atoms with Crippen LogP contribution in [-0.4, -0.2) is 50.0 Å². The Labute approximate surface area is 220 Å². The molecule has 0 spiro atoms. The van der Waals surface area contributed by atoms with Crippen molar-refractivity contribution < 1.29 is 23.7 Å². The summed E-state index contributed by atoms with van der Waals surface area (Å²) in [6.07, 6.45) is 2.89. The van der Waals surface area contributed by atoms with Gasteiger partial charge in [0.25, 0.3) is 0 Å². The van der Waals surface area contributed by atoms with Crippen LogP contribution in [0.25, 0.3) is 0 Å². The van der Waals surface area contributed by atoms with Crippen molar-refractivity contribution >= 4 is 6.09 Å². The maximum Gasteiger partial charge on any atom is 0.410 e. The minimum atomic E-state index is -0.282. The van der Waals surface area contributed by atoms with Crippen LogP contribution in [0.1, 0.15) is 36.5 Å². The van der Waals surface area contributed by atoms with Crippen molar-refractivity contribution in [2.45, 2.75) is 51.4 Å². The van der Waals surface area contributed by atoms with Crippen molar-refractivity contribution in [1.82, 2.24) is 4.90 Å². The van der Waals surface area contributed by atoms with E-state index in [4.69, 9.17) is 18.9 Å². The number of amides is 1. The Hall–Kier alpha value is -3.51. The van der Waals surface area contributed by atoms with Gasteiger partial charge in [0.2, 0.25) is 0 Å². The highest BCUT2D eigenvalue weighted by atomic mass is 16.6. The van der Waals surface area contributed by atoms with Gasteiger partial charge in [-0.25, -0.2) is 4.79 Å². The number of rotatable bonds is 12. The van der Waals surface area contributed by atoms with Gasteiger partial charge in [-0.05, 0) is 55.0 Å². The lowest BCUT2D eigenvalue weighted by molar-refractivity contribution is 0.0442. The van der Waals surface area contributed by atoms with Crippen molar-refractivity contribution in [3.8, 4) is 11.5 Å². The molecule has 1 amide bonds. The molecule has 3 aromatic carbocycles. The molecule has 6 heteroatoms. The zero-order valence-corrected chi connectivity index (χ0v) is 21.8. The summed E-state index contributed by atoms with van der Waals surface area (Å²) in [5.41, 5.74) is 3.46. The number of ether oxygens (including phenoxy) is 4. The van der Waals surface area contributed by atoms with Crippen molar-refractivity contribution in [2.24, 2.45) is 0 Å². The predicted molar refractivity (Wildman–Crippen MR) is 144 cm³/mol. The molecule has 0 unspecified atom stereocenters. The Morgan fingerprint density at radius 3 is 2.24 bits per heavy atom. The van der Waals surface area contributed by atoms with Crippen LogP contribution in [0.4, 0.5) is 4.79 Å². The highest BCUT2D eigenvalue weighted by molar-refractivity contribution is 5.68. The van der Waals surface area contributed by atoms with Gasteiger partial charge in [-0.2, -0.15) is 0 Å². The van der Waals surface area contributed by atoms with E-state index in [1.54, 1.807) is 12.0 Å². The summed E-state index contributed by atoms with van der Waals surface area (Å²) in [6, 6.07) is 26.4. The highest BCUT2D eigenvalue weighted by Gasteiger charge is 2.36. The molecule has 3 aromatic rings. The average molecular weight is 504 g/mol. The van der Waals surface area contributed by atoms with E-state index >= 15 is 0 Å². The number of likely N-dealkylation sites (tertiary alicyclic amines) is 1. The molecule has 1 saturated heterocycles. The smallest absolute Gasteiger partial charge is 0.410 e. The third-order valence-electron chi connectivity index (χ3n) is 6.74. The van der Waals surface area contributed by atoms with Gasteiger partial charge < -0.3 is 23.8 Å². The molecule has 0 radical (unpaired) electrons. The molecule has 1 fully saturated rings. The summed E-state index contributed by atoms with van der Waals surface area (Å²) >= 11 is 0. The van der Waals surface area contributed by atoms with E-state index in [2.05, 4.69) is 24.3 Å². The van der Waals surface area contributed by atoms with Crippen molar-refractivity contribution in [3.05, 3.63) is 95.6 Å². The summed E-state index contributed by atoms with van der Waals surface area (Å²) < 4.78 is 23.2. The molecule has 0 N–H and O–H groups in total. The monoisotopic (exact) mass is 503 g/mol. The van der Waals surface area contributed by atoms with Gasteiger partial charge in [0.05, 0.1) is 39.6 Å². The third kappa shape index (κ3) is 7.49. The lowest BCUT2D eigenvalue weighted by Crippen LogP contribution is -2.37. The molecule has 0 saturated carbocycles. The second-order valence-electron chi connectivity index (χ2n) is 9.22. The number of carbonyl (C=O) groups excluding carboxylic acids is 1. The number of hydrogen-bond donors (Lipinski definition) is 0. The van der Waals surface area contributed by atoms with Crippen molar-refractivity contribution in [1.29, 1.82) is 0 Å². The molecular formula is C31H37NO5. The zero-order chi connectivity index (χ0) is 25.9. The van der Waals surface area contributed by atoms with Crippen LogP contribution < -0.4 is 9.47 Å². The van der Waals surface area contributed by atoms with Gasteiger partial charge >= 0.3 is 6.09 Å². The summed E-state index contributed by atoms with van der Waals surface area (Å²) in [7, 11) is 1.70. The number of methoxy groups -OCH3 is 1. The van der Waals surface area contributed by atoms with Crippen molar-refractivity contribution in [2.75, 3.05) is 26.9 Å². The quantitative estimate of drug-likeness (QED) is 0.300. The lowest BCUT2D eigenvalue weighted by atomic mass is 10.0. The van der Waals surface area contributed by atoms with Crippen LogP contribution in [0, 0.1) is 0 Å². The number of nitrogens with zero attached hydrogens (tertiary/aromatic N) is 1. The van der Waals surface area contributed by atoms with Gasteiger partial charge in [-0.3, -0.25) is 0 Å². The number of para-hydroxylation sites is 2. The Morgan fingerprint density at radius 2 is 1.54 bits per heavy atom. The second-order valence-corrected chi connectivity index (χ2v) is 9.22. The molecule has 0 bridgehead atoms. The molecule has 2 atom stereocenters. The standard InChI is InChI=1S/C31H37NO5/c1-3-35-31(33)32-22-28(37-23-24-11-5-4-6-12-24)21-27(32)19-20-36-30-16-10-8-14-26(30)18-17-25-13-7-9-15-29(25)34-2/h4-16,27-28H,3,17-23H2,1-2H3/t27-,28-/m1/s1. The van der Waals surface area contributed by atoms with E-state index in [9.17, 15) is 4.79 Å². The average Bonchev–Trinajstić information content (AvgIpc) is 3.35. The highest BCUT2D eigenvalue weighted by Crippen LogP contribution is 2.27. The minimum Gasteiger partial charge on any atom is -0.496 e. The Bertz CT molecular complexity index is 1120. The van der Waals surface area contributed by atoms with Gasteiger partial charge in [0.1, 0.15) is 11.5 Å². The SMILES string of the molecule is CCOC(=O)N1C[C@H](OCc2ccccc2)C[C@H]1CCOc1ccccc1CCc1ccccc1OC. The summed E-state index contributed by atoms with van der Waals surface area (Å²) in [6.45, 7) is 3.76. The molecule has 1 heterocycles. The normalized spacial score (nSPS) is 17.0. The van der Waals surface area contributed by atoms with E-state index in [1.807, 2.05) is 61.5 Å². The van der Waals surface area contributed by atoms with Crippen LogP contribution in [-0.2, 0) is 28.9 Å². The first kappa shape index (κ1) is 26.6. The van der Waals surface area contributed by atoms with Gasteiger partial charge in [0, 0.05) is 12.5 Å². The van der Waals surface area contributed by atoms with Crippen LogP contribution in [0.3, 0.4) is 0 Å². The van der Waals surface area contributed by atoms with Crippen molar-refractivity contribution in [3.63, 3.8) is 0 Å². The molecule has 4 rings (SSSR count). The van der Waals surface area contributed by atoms with E-state index < -0.39 is 0 Å². The molecule has 37 heavy (non-hydrogen) atoms. The van der Waals surface area contributed by atoms with Crippen LogP contribution in [0.15, 0.2) is 78.9 Å². The van der Waals surface area contributed by atoms with Gasteiger partial charge in [-0.1, -0.05) is 66.7 Å². The van der Waals surface area contributed by atoms with Gasteiger partial charge in [0.15, 0.2) is 0 Å².